The van der Waals surface area contributed by atoms with Gasteiger partial charge in [-0.05, 0) is 30.7 Å². The molecule has 106 valence electrons. The monoisotopic (exact) mass is 259 g/mol. The van der Waals surface area contributed by atoms with Crippen molar-refractivity contribution in [2.24, 2.45) is 5.92 Å². The molecule has 1 aromatic rings. The third-order valence-corrected chi connectivity index (χ3v) is 4.92. The Hall–Kier alpha value is -0.820. The van der Waals surface area contributed by atoms with Crippen LogP contribution in [0.15, 0.2) is 30.3 Å². The van der Waals surface area contributed by atoms with Gasteiger partial charge in [-0.3, -0.25) is 0 Å². The van der Waals surface area contributed by atoms with Gasteiger partial charge in [0.1, 0.15) is 0 Å². The molecule has 1 heteroatoms. The highest BCUT2D eigenvalue weighted by molar-refractivity contribution is 5.15. The lowest BCUT2D eigenvalue weighted by atomic mass is 9.71. The number of hydrogen-bond donors (Lipinski definition) is 1. The maximum Gasteiger partial charge on any atom is 0.0210 e. The quantitative estimate of drug-likeness (QED) is 0.765. The second-order valence-electron chi connectivity index (χ2n) is 6.25. The molecule has 2 rings (SSSR count). The molecule has 2 atom stereocenters. The van der Waals surface area contributed by atoms with Crippen LogP contribution in [0.3, 0.4) is 0 Å². The molecule has 1 saturated carbocycles. The fourth-order valence-electron chi connectivity index (χ4n) is 3.50. The summed E-state index contributed by atoms with van der Waals surface area (Å²) in [6.45, 7) is 5.78. The van der Waals surface area contributed by atoms with Crippen molar-refractivity contribution in [1.29, 1.82) is 0 Å². The predicted molar refractivity (Wildman–Crippen MR) is 83.2 cm³/mol. The maximum atomic E-state index is 3.94. The molecule has 1 aromatic carbocycles. The molecule has 0 aliphatic heterocycles. The van der Waals surface area contributed by atoms with Gasteiger partial charge < -0.3 is 5.32 Å². The van der Waals surface area contributed by atoms with E-state index in [0.717, 1.165) is 12.5 Å². The first kappa shape index (κ1) is 14.6. The molecule has 19 heavy (non-hydrogen) atoms. The summed E-state index contributed by atoms with van der Waals surface area (Å²) in [7, 11) is 0. The molecule has 0 unspecified atom stereocenters. The summed E-state index contributed by atoms with van der Waals surface area (Å²) < 4.78 is 0. The van der Waals surface area contributed by atoms with E-state index in [1.165, 1.54) is 50.5 Å². The van der Waals surface area contributed by atoms with E-state index in [2.05, 4.69) is 49.5 Å². The van der Waals surface area contributed by atoms with Gasteiger partial charge in [-0.15, -0.1) is 0 Å². The van der Waals surface area contributed by atoms with E-state index in [9.17, 15) is 0 Å². The van der Waals surface area contributed by atoms with Gasteiger partial charge >= 0.3 is 0 Å². The normalized spacial score (nSPS) is 27.4. The standard InChI is InChI=1S/C18H29N/c1-3-4-13-18(14-9-8-10-16(18)2)19-15-17-11-6-5-7-12-17/h5-7,11-12,16,19H,3-4,8-10,13-15H2,1-2H3/t16-,18+/m1/s1. The van der Waals surface area contributed by atoms with Crippen LogP contribution in [0.1, 0.15) is 64.4 Å². The molecule has 0 spiro atoms. The lowest BCUT2D eigenvalue weighted by molar-refractivity contribution is 0.137. The van der Waals surface area contributed by atoms with Gasteiger partial charge in [-0.2, -0.15) is 0 Å². The van der Waals surface area contributed by atoms with Crippen LogP contribution in [-0.4, -0.2) is 5.54 Å². The van der Waals surface area contributed by atoms with Gasteiger partial charge in [0.15, 0.2) is 0 Å². The van der Waals surface area contributed by atoms with Crippen molar-refractivity contribution in [1.82, 2.24) is 5.32 Å². The van der Waals surface area contributed by atoms with Gasteiger partial charge in [0.05, 0.1) is 0 Å². The summed E-state index contributed by atoms with van der Waals surface area (Å²) in [6.07, 6.45) is 9.58. The van der Waals surface area contributed by atoms with Gasteiger partial charge in [0.2, 0.25) is 0 Å². The van der Waals surface area contributed by atoms with E-state index in [4.69, 9.17) is 0 Å². The highest BCUT2D eigenvalue weighted by Crippen LogP contribution is 2.37. The third kappa shape index (κ3) is 3.82. The smallest absolute Gasteiger partial charge is 0.0210 e. The van der Waals surface area contributed by atoms with Crippen LogP contribution in [-0.2, 0) is 6.54 Å². The van der Waals surface area contributed by atoms with Crippen LogP contribution < -0.4 is 5.32 Å². The lowest BCUT2D eigenvalue weighted by Gasteiger charge is -2.44. The average molecular weight is 259 g/mol. The van der Waals surface area contributed by atoms with E-state index in [1.54, 1.807) is 0 Å². The Labute approximate surface area is 118 Å². The lowest BCUT2D eigenvalue weighted by Crippen LogP contribution is -2.51. The maximum absolute atomic E-state index is 3.94. The molecule has 1 aliphatic carbocycles. The first-order valence-corrected chi connectivity index (χ1v) is 8.06. The van der Waals surface area contributed by atoms with E-state index < -0.39 is 0 Å². The Morgan fingerprint density at radius 2 is 2.00 bits per heavy atom. The Morgan fingerprint density at radius 3 is 2.68 bits per heavy atom. The Kier molecular flexibility index (Phi) is 5.45. The number of benzene rings is 1. The zero-order valence-corrected chi connectivity index (χ0v) is 12.6. The summed E-state index contributed by atoms with van der Waals surface area (Å²) in [5.74, 6) is 0.816. The topological polar surface area (TPSA) is 12.0 Å². The van der Waals surface area contributed by atoms with Crippen LogP contribution in [0.2, 0.25) is 0 Å². The molecule has 1 N–H and O–H groups in total. The number of hydrogen-bond acceptors (Lipinski definition) is 1. The highest BCUT2D eigenvalue weighted by Gasteiger charge is 2.36. The average Bonchev–Trinajstić information content (AvgIpc) is 2.46. The minimum atomic E-state index is 0.393. The molecule has 1 fully saturated rings. The van der Waals surface area contributed by atoms with Gasteiger partial charge in [-0.1, -0.05) is 69.9 Å². The number of nitrogens with one attached hydrogen (secondary N) is 1. The van der Waals surface area contributed by atoms with Crippen molar-refractivity contribution in [3.05, 3.63) is 35.9 Å². The first-order chi connectivity index (χ1) is 9.27. The van der Waals surface area contributed by atoms with E-state index in [1.807, 2.05) is 0 Å². The predicted octanol–water partition coefficient (Wildman–Crippen LogP) is 4.92. The Morgan fingerprint density at radius 1 is 1.21 bits per heavy atom. The second kappa shape index (κ2) is 7.09. The van der Waals surface area contributed by atoms with Crippen molar-refractivity contribution >= 4 is 0 Å². The van der Waals surface area contributed by atoms with Crippen molar-refractivity contribution in [3.63, 3.8) is 0 Å². The largest absolute Gasteiger partial charge is 0.307 e. The Bertz CT molecular complexity index is 359. The van der Waals surface area contributed by atoms with E-state index in [0.29, 0.717) is 5.54 Å². The zero-order chi connectivity index (χ0) is 13.6. The summed E-state index contributed by atoms with van der Waals surface area (Å²) in [5, 5.41) is 3.94. The highest BCUT2D eigenvalue weighted by atomic mass is 15.0. The fourth-order valence-corrected chi connectivity index (χ4v) is 3.50. The summed E-state index contributed by atoms with van der Waals surface area (Å²) in [5.41, 5.74) is 1.81. The van der Waals surface area contributed by atoms with Crippen LogP contribution in [0.5, 0.6) is 0 Å². The fraction of sp³-hybridized carbons (Fsp3) is 0.667. The third-order valence-electron chi connectivity index (χ3n) is 4.92. The Balaban J connectivity index is 2.00. The molecule has 1 aliphatic rings. The number of rotatable bonds is 6. The van der Waals surface area contributed by atoms with Crippen LogP contribution >= 0.6 is 0 Å². The van der Waals surface area contributed by atoms with Crippen LogP contribution in [0.4, 0.5) is 0 Å². The van der Waals surface area contributed by atoms with Crippen molar-refractivity contribution in [2.45, 2.75) is 70.9 Å². The van der Waals surface area contributed by atoms with E-state index >= 15 is 0 Å². The van der Waals surface area contributed by atoms with Gasteiger partial charge in [0.25, 0.3) is 0 Å². The first-order valence-electron chi connectivity index (χ1n) is 8.06. The molecule has 1 nitrogen and oxygen atoms in total. The minimum absolute atomic E-state index is 0.393. The summed E-state index contributed by atoms with van der Waals surface area (Å²) in [6, 6.07) is 10.8. The second-order valence-corrected chi connectivity index (χ2v) is 6.25. The SMILES string of the molecule is CCCC[C@]1(NCc2ccccc2)CCCC[C@H]1C. The molecular formula is C18H29N. The molecule has 0 radical (unpaired) electrons. The molecule has 0 saturated heterocycles. The minimum Gasteiger partial charge on any atom is -0.307 e. The molecular weight excluding hydrogens is 230 g/mol. The van der Waals surface area contributed by atoms with Gasteiger partial charge in [-0.25, -0.2) is 0 Å². The molecule has 0 aromatic heterocycles. The summed E-state index contributed by atoms with van der Waals surface area (Å²) >= 11 is 0. The van der Waals surface area contributed by atoms with Crippen molar-refractivity contribution in [2.75, 3.05) is 0 Å². The van der Waals surface area contributed by atoms with Crippen molar-refractivity contribution in [3.8, 4) is 0 Å². The van der Waals surface area contributed by atoms with E-state index in [-0.39, 0.29) is 0 Å². The van der Waals surface area contributed by atoms with Crippen LogP contribution in [0.25, 0.3) is 0 Å². The molecule has 0 bridgehead atoms. The number of unbranched alkanes of at least 4 members (excludes halogenated alkanes) is 1. The van der Waals surface area contributed by atoms with Crippen molar-refractivity contribution < 1.29 is 0 Å². The molecule has 0 heterocycles. The van der Waals surface area contributed by atoms with Gasteiger partial charge in [0, 0.05) is 12.1 Å². The summed E-state index contributed by atoms with van der Waals surface area (Å²) in [4.78, 5) is 0. The zero-order valence-electron chi connectivity index (χ0n) is 12.6. The molecule has 0 amide bonds. The van der Waals surface area contributed by atoms with Crippen LogP contribution in [0, 0.1) is 5.92 Å².